The Balaban J connectivity index is 2.10. The molecule has 0 aliphatic heterocycles. The lowest BCUT2D eigenvalue weighted by Gasteiger charge is -2.08. The molecule has 16 heavy (non-hydrogen) atoms. The molecule has 0 N–H and O–H groups in total. The van der Waals surface area contributed by atoms with Crippen molar-refractivity contribution in [2.45, 2.75) is 11.8 Å². The van der Waals surface area contributed by atoms with Crippen LogP contribution >= 0.6 is 50.5 Å². The Bertz CT molecular complexity index is 464. The number of rotatable bonds is 3. The van der Waals surface area contributed by atoms with Crippen molar-refractivity contribution in [1.82, 2.24) is 0 Å². The Morgan fingerprint density at radius 2 is 1.88 bits per heavy atom. The van der Waals surface area contributed by atoms with Crippen LogP contribution in [0.2, 0.25) is 5.02 Å². The van der Waals surface area contributed by atoms with Crippen molar-refractivity contribution in [3.8, 4) is 0 Å². The Labute approximate surface area is 117 Å². The summed E-state index contributed by atoms with van der Waals surface area (Å²) in [7, 11) is 0. The maximum atomic E-state index is 6.37. The molecule has 0 aliphatic rings. The zero-order valence-electron chi connectivity index (χ0n) is 8.29. The maximum Gasteiger partial charge on any atom is 0.0730 e. The number of benzene rings is 1. The van der Waals surface area contributed by atoms with E-state index in [1.807, 2.05) is 35.7 Å². The Morgan fingerprint density at radius 1 is 1.19 bits per heavy atom. The van der Waals surface area contributed by atoms with E-state index in [-0.39, 0.29) is 5.38 Å². The SMILES string of the molecule is Clc1ccc(CC(Cl)c2sccc2Br)cc1. The molecule has 0 aliphatic carbocycles. The topological polar surface area (TPSA) is 0 Å². The predicted molar refractivity (Wildman–Crippen MR) is 75.8 cm³/mol. The average molecular weight is 336 g/mol. The van der Waals surface area contributed by atoms with Gasteiger partial charge in [-0.2, -0.15) is 0 Å². The number of halogens is 3. The summed E-state index contributed by atoms with van der Waals surface area (Å²) in [6.07, 6.45) is 0.817. The van der Waals surface area contributed by atoms with Crippen molar-refractivity contribution in [3.05, 3.63) is 55.6 Å². The highest BCUT2D eigenvalue weighted by molar-refractivity contribution is 9.10. The molecule has 1 unspecified atom stereocenters. The largest absolute Gasteiger partial charge is 0.146 e. The van der Waals surface area contributed by atoms with E-state index in [0.29, 0.717) is 0 Å². The maximum absolute atomic E-state index is 6.37. The lowest BCUT2D eigenvalue weighted by Crippen LogP contribution is -1.93. The lowest BCUT2D eigenvalue weighted by molar-refractivity contribution is 0.936. The summed E-state index contributed by atoms with van der Waals surface area (Å²) in [5.41, 5.74) is 1.20. The van der Waals surface area contributed by atoms with Crippen LogP contribution in [0.25, 0.3) is 0 Å². The van der Waals surface area contributed by atoms with E-state index >= 15 is 0 Å². The molecule has 0 saturated carbocycles. The van der Waals surface area contributed by atoms with Crippen molar-refractivity contribution in [1.29, 1.82) is 0 Å². The molecule has 0 radical (unpaired) electrons. The normalized spacial score (nSPS) is 12.7. The molecule has 0 fully saturated rings. The molecule has 4 heteroatoms. The van der Waals surface area contributed by atoms with E-state index in [0.717, 1.165) is 15.9 Å². The van der Waals surface area contributed by atoms with Crippen LogP contribution in [0, 0.1) is 0 Å². The van der Waals surface area contributed by atoms with Crippen LogP contribution in [0.3, 0.4) is 0 Å². The van der Waals surface area contributed by atoms with Gasteiger partial charge in [-0.1, -0.05) is 23.7 Å². The Kier molecular flexibility index (Phi) is 4.31. The molecule has 0 amide bonds. The standard InChI is InChI=1S/C12H9BrCl2S/c13-10-5-6-16-12(10)11(15)7-8-1-3-9(14)4-2-8/h1-6,11H,7H2. The highest BCUT2D eigenvalue weighted by Gasteiger charge is 2.13. The fraction of sp³-hybridized carbons (Fsp3) is 0.167. The molecule has 1 atom stereocenters. The first-order valence-corrected chi connectivity index (χ1v) is 7.27. The summed E-state index contributed by atoms with van der Waals surface area (Å²) < 4.78 is 1.09. The average Bonchev–Trinajstić information content (AvgIpc) is 2.68. The van der Waals surface area contributed by atoms with Gasteiger partial charge in [0.1, 0.15) is 0 Å². The first kappa shape index (κ1) is 12.4. The van der Waals surface area contributed by atoms with Crippen LogP contribution < -0.4 is 0 Å². The van der Waals surface area contributed by atoms with Gasteiger partial charge in [0, 0.05) is 14.4 Å². The van der Waals surface area contributed by atoms with Crippen molar-refractivity contribution >= 4 is 50.5 Å². The second-order valence-electron chi connectivity index (χ2n) is 3.43. The first-order chi connectivity index (χ1) is 7.66. The van der Waals surface area contributed by atoms with Gasteiger partial charge in [-0.05, 0) is 51.5 Å². The van der Waals surface area contributed by atoms with Crippen molar-refractivity contribution in [2.24, 2.45) is 0 Å². The van der Waals surface area contributed by atoms with Gasteiger partial charge in [0.25, 0.3) is 0 Å². The third-order valence-electron chi connectivity index (χ3n) is 2.26. The number of alkyl halides is 1. The molecule has 0 bridgehead atoms. The summed E-state index contributed by atoms with van der Waals surface area (Å²) in [5, 5.41) is 2.80. The van der Waals surface area contributed by atoms with E-state index in [9.17, 15) is 0 Å². The molecule has 0 saturated heterocycles. The fourth-order valence-electron chi connectivity index (χ4n) is 1.45. The van der Waals surface area contributed by atoms with Crippen LogP contribution in [0.4, 0.5) is 0 Å². The van der Waals surface area contributed by atoms with E-state index < -0.39 is 0 Å². The monoisotopic (exact) mass is 334 g/mol. The minimum absolute atomic E-state index is 0.00977. The summed E-state index contributed by atoms with van der Waals surface area (Å²) in [6, 6.07) is 9.84. The van der Waals surface area contributed by atoms with Crippen molar-refractivity contribution in [3.63, 3.8) is 0 Å². The number of hydrogen-bond donors (Lipinski definition) is 0. The third-order valence-corrected chi connectivity index (χ3v) is 5.00. The number of hydrogen-bond acceptors (Lipinski definition) is 1. The van der Waals surface area contributed by atoms with Gasteiger partial charge in [0.2, 0.25) is 0 Å². The smallest absolute Gasteiger partial charge is 0.0730 e. The highest BCUT2D eigenvalue weighted by atomic mass is 79.9. The summed E-state index contributed by atoms with van der Waals surface area (Å²) in [4.78, 5) is 1.18. The molecule has 0 nitrogen and oxygen atoms in total. The second kappa shape index (κ2) is 5.54. The lowest BCUT2D eigenvalue weighted by atomic mass is 10.1. The van der Waals surface area contributed by atoms with E-state index in [2.05, 4.69) is 15.9 Å². The van der Waals surface area contributed by atoms with Gasteiger partial charge in [0.15, 0.2) is 0 Å². The molecule has 1 aromatic heterocycles. The van der Waals surface area contributed by atoms with E-state index in [1.165, 1.54) is 10.4 Å². The molecule has 2 rings (SSSR count). The molecule has 0 spiro atoms. The summed E-state index contributed by atoms with van der Waals surface area (Å²) in [6.45, 7) is 0. The van der Waals surface area contributed by atoms with Gasteiger partial charge in [0.05, 0.1) is 5.38 Å². The van der Waals surface area contributed by atoms with Gasteiger partial charge >= 0.3 is 0 Å². The number of thiophene rings is 1. The highest BCUT2D eigenvalue weighted by Crippen LogP contribution is 2.35. The first-order valence-electron chi connectivity index (χ1n) is 4.78. The Hall–Kier alpha value is -0.0200. The van der Waals surface area contributed by atoms with Crippen LogP contribution in [-0.2, 0) is 6.42 Å². The van der Waals surface area contributed by atoms with E-state index in [1.54, 1.807) is 11.3 Å². The molecule has 1 heterocycles. The zero-order chi connectivity index (χ0) is 11.5. The molecule has 84 valence electrons. The molecule has 2 aromatic rings. The van der Waals surface area contributed by atoms with Crippen LogP contribution in [-0.4, -0.2) is 0 Å². The third kappa shape index (κ3) is 3.01. The zero-order valence-corrected chi connectivity index (χ0v) is 12.2. The predicted octanol–water partition coefficient (Wildman–Crippen LogP) is 5.69. The minimum Gasteiger partial charge on any atom is -0.146 e. The summed E-state index contributed by atoms with van der Waals surface area (Å²) >= 11 is 17.4. The van der Waals surface area contributed by atoms with Crippen molar-refractivity contribution in [2.75, 3.05) is 0 Å². The second-order valence-corrected chi connectivity index (χ2v) is 6.20. The van der Waals surface area contributed by atoms with Gasteiger partial charge in [-0.15, -0.1) is 22.9 Å². The quantitative estimate of drug-likeness (QED) is 0.632. The van der Waals surface area contributed by atoms with Gasteiger partial charge in [-0.25, -0.2) is 0 Å². The molecule has 1 aromatic carbocycles. The van der Waals surface area contributed by atoms with Gasteiger partial charge in [-0.3, -0.25) is 0 Å². The van der Waals surface area contributed by atoms with Crippen LogP contribution in [0.1, 0.15) is 15.8 Å². The van der Waals surface area contributed by atoms with Crippen LogP contribution in [0.5, 0.6) is 0 Å². The summed E-state index contributed by atoms with van der Waals surface area (Å²) in [5.74, 6) is 0. The minimum atomic E-state index is 0.00977. The molecular weight excluding hydrogens is 327 g/mol. The van der Waals surface area contributed by atoms with Crippen LogP contribution in [0.15, 0.2) is 40.2 Å². The Morgan fingerprint density at radius 3 is 2.44 bits per heavy atom. The van der Waals surface area contributed by atoms with Crippen molar-refractivity contribution < 1.29 is 0 Å². The fourth-order valence-corrected chi connectivity index (χ4v) is 3.78. The van der Waals surface area contributed by atoms with E-state index in [4.69, 9.17) is 23.2 Å². The van der Waals surface area contributed by atoms with Gasteiger partial charge < -0.3 is 0 Å². The molecular formula is C12H9BrCl2S.